The van der Waals surface area contributed by atoms with E-state index >= 15 is 0 Å². The van der Waals surface area contributed by atoms with Crippen LogP contribution in [-0.2, 0) is 5.41 Å². The van der Waals surface area contributed by atoms with Crippen molar-refractivity contribution < 1.29 is 0 Å². The van der Waals surface area contributed by atoms with Crippen LogP contribution in [-0.4, -0.2) is 12.1 Å². The number of hydrogen-bond donors (Lipinski definition) is 1. The smallest absolute Gasteiger partial charge is 0.0175 e. The number of benzene rings is 1. The molecule has 0 aliphatic heterocycles. The average Bonchev–Trinajstić information content (AvgIpc) is 2.63. The normalized spacial score (nSPS) is 19.6. The van der Waals surface area contributed by atoms with Crippen LogP contribution in [0.15, 0.2) is 28.7 Å². The van der Waals surface area contributed by atoms with Gasteiger partial charge in [0.25, 0.3) is 0 Å². The van der Waals surface area contributed by atoms with Gasteiger partial charge in [0.2, 0.25) is 0 Å². The molecule has 1 nitrogen and oxygen atoms in total. The molecule has 1 aromatic carbocycles. The summed E-state index contributed by atoms with van der Waals surface area (Å²) in [6.45, 7) is 7.88. The molecule has 1 N–H and O–H groups in total. The van der Waals surface area contributed by atoms with Crippen molar-refractivity contribution in [1.29, 1.82) is 0 Å². The van der Waals surface area contributed by atoms with Crippen molar-refractivity contribution in [3.8, 4) is 0 Å². The van der Waals surface area contributed by atoms with Crippen LogP contribution in [0.1, 0.15) is 64.9 Å². The van der Waals surface area contributed by atoms with Crippen LogP contribution >= 0.6 is 15.9 Å². The Labute approximate surface area is 132 Å². The summed E-state index contributed by atoms with van der Waals surface area (Å²) in [5.74, 6) is 0. The van der Waals surface area contributed by atoms with Gasteiger partial charge in [-0.05, 0) is 51.3 Å². The van der Waals surface area contributed by atoms with E-state index < -0.39 is 0 Å². The molecule has 112 valence electrons. The minimum atomic E-state index is 0.189. The molecule has 1 fully saturated rings. The lowest BCUT2D eigenvalue weighted by Gasteiger charge is -2.37. The molecule has 0 radical (unpaired) electrons. The summed E-state index contributed by atoms with van der Waals surface area (Å²) in [7, 11) is 0. The topological polar surface area (TPSA) is 12.0 Å². The molecule has 1 aliphatic carbocycles. The third-order valence-corrected chi connectivity index (χ3v) is 5.00. The lowest BCUT2D eigenvalue weighted by Crippen LogP contribution is -2.46. The molecule has 0 amide bonds. The van der Waals surface area contributed by atoms with Crippen LogP contribution in [0.3, 0.4) is 0 Å². The second-order valence-electron chi connectivity index (χ2n) is 7.30. The van der Waals surface area contributed by atoms with Crippen molar-refractivity contribution in [1.82, 2.24) is 5.32 Å². The zero-order chi connectivity index (χ0) is 14.6. The molecule has 2 rings (SSSR count). The molecule has 0 bridgehead atoms. The molecule has 0 aromatic heterocycles. The Morgan fingerprint density at radius 3 is 2.05 bits per heavy atom. The molecule has 0 spiro atoms. The fourth-order valence-corrected chi connectivity index (χ4v) is 3.47. The van der Waals surface area contributed by atoms with E-state index in [0.717, 1.165) is 6.54 Å². The van der Waals surface area contributed by atoms with Gasteiger partial charge in [0.05, 0.1) is 0 Å². The van der Waals surface area contributed by atoms with E-state index in [4.69, 9.17) is 0 Å². The van der Waals surface area contributed by atoms with Crippen LogP contribution < -0.4 is 5.32 Å². The molecule has 1 aromatic rings. The first-order valence-corrected chi connectivity index (χ1v) is 8.72. The van der Waals surface area contributed by atoms with E-state index in [2.05, 4.69) is 66.3 Å². The van der Waals surface area contributed by atoms with E-state index in [-0.39, 0.29) is 5.54 Å². The summed E-state index contributed by atoms with van der Waals surface area (Å²) in [5, 5.41) is 3.76. The highest BCUT2D eigenvalue weighted by atomic mass is 79.9. The SMILES string of the molecule is CC(C)(C)NCC1(c2ccc(Br)cc2)CCCCCC1. The molecule has 0 saturated heterocycles. The maximum absolute atomic E-state index is 3.76. The largest absolute Gasteiger partial charge is 0.311 e. The standard InChI is InChI=1S/C18H28BrN/c1-17(2,3)20-14-18(12-6-4-5-7-13-18)15-8-10-16(19)11-9-15/h8-11,20H,4-7,12-14H2,1-3H3. The predicted molar refractivity (Wildman–Crippen MR) is 91.3 cm³/mol. The van der Waals surface area contributed by atoms with Gasteiger partial charge >= 0.3 is 0 Å². The molecule has 0 heterocycles. The number of halogens is 1. The number of rotatable bonds is 3. The maximum Gasteiger partial charge on any atom is 0.0175 e. The van der Waals surface area contributed by atoms with Crippen molar-refractivity contribution in [2.45, 2.75) is 70.3 Å². The second-order valence-corrected chi connectivity index (χ2v) is 8.22. The average molecular weight is 338 g/mol. The lowest BCUT2D eigenvalue weighted by molar-refractivity contribution is 0.300. The van der Waals surface area contributed by atoms with E-state index in [9.17, 15) is 0 Å². The monoisotopic (exact) mass is 337 g/mol. The Bertz CT molecular complexity index is 408. The minimum Gasteiger partial charge on any atom is -0.311 e. The molecular weight excluding hydrogens is 310 g/mol. The van der Waals surface area contributed by atoms with E-state index in [0.29, 0.717) is 5.41 Å². The summed E-state index contributed by atoms with van der Waals surface area (Å²) < 4.78 is 1.17. The van der Waals surface area contributed by atoms with Crippen LogP contribution in [0.25, 0.3) is 0 Å². The van der Waals surface area contributed by atoms with Crippen LogP contribution in [0.5, 0.6) is 0 Å². The van der Waals surface area contributed by atoms with Crippen molar-refractivity contribution in [2.24, 2.45) is 0 Å². The number of hydrogen-bond acceptors (Lipinski definition) is 1. The van der Waals surface area contributed by atoms with Crippen LogP contribution in [0.4, 0.5) is 0 Å². The van der Waals surface area contributed by atoms with Crippen molar-refractivity contribution >= 4 is 15.9 Å². The van der Waals surface area contributed by atoms with Crippen molar-refractivity contribution in [3.05, 3.63) is 34.3 Å². The Hall–Kier alpha value is -0.340. The fraction of sp³-hybridized carbons (Fsp3) is 0.667. The molecule has 0 atom stereocenters. The first-order chi connectivity index (χ1) is 9.41. The predicted octanol–water partition coefficient (Wildman–Crippen LogP) is 5.43. The minimum absolute atomic E-state index is 0.189. The van der Waals surface area contributed by atoms with Gasteiger partial charge in [-0.25, -0.2) is 0 Å². The van der Waals surface area contributed by atoms with Gasteiger partial charge in [-0.3, -0.25) is 0 Å². The molecule has 0 unspecified atom stereocenters. The Kier molecular flexibility index (Phi) is 5.30. The first kappa shape index (κ1) is 16.0. The summed E-state index contributed by atoms with van der Waals surface area (Å²) in [4.78, 5) is 0. The molecule has 2 heteroatoms. The van der Waals surface area contributed by atoms with Crippen LogP contribution in [0, 0.1) is 0 Å². The molecular formula is C18H28BrN. The lowest BCUT2D eigenvalue weighted by atomic mass is 9.74. The molecule has 20 heavy (non-hydrogen) atoms. The van der Waals surface area contributed by atoms with E-state index in [1.807, 2.05) is 0 Å². The second kappa shape index (κ2) is 6.62. The van der Waals surface area contributed by atoms with Gasteiger partial charge < -0.3 is 5.32 Å². The zero-order valence-electron chi connectivity index (χ0n) is 13.1. The third kappa shape index (κ3) is 4.33. The quantitative estimate of drug-likeness (QED) is 0.725. The third-order valence-electron chi connectivity index (χ3n) is 4.47. The van der Waals surface area contributed by atoms with Gasteiger partial charge in [0.15, 0.2) is 0 Å². The molecule has 1 saturated carbocycles. The Morgan fingerprint density at radius 1 is 1.00 bits per heavy atom. The van der Waals surface area contributed by atoms with Crippen LogP contribution in [0.2, 0.25) is 0 Å². The summed E-state index contributed by atoms with van der Waals surface area (Å²) in [5.41, 5.74) is 2.03. The van der Waals surface area contributed by atoms with Crippen molar-refractivity contribution in [3.63, 3.8) is 0 Å². The van der Waals surface area contributed by atoms with Gasteiger partial charge in [-0.2, -0.15) is 0 Å². The van der Waals surface area contributed by atoms with E-state index in [1.165, 1.54) is 48.6 Å². The summed E-state index contributed by atoms with van der Waals surface area (Å²) in [6.07, 6.45) is 8.15. The Morgan fingerprint density at radius 2 is 1.55 bits per heavy atom. The highest BCUT2D eigenvalue weighted by Crippen LogP contribution is 2.38. The molecule has 1 aliphatic rings. The van der Waals surface area contributed by atoms with Gasteiger partial charge in [0.1, 0.15) is 0 Å². The fourth-order valence-electron chi connectivity index (χ4n) is 3.21. The Balaban J connectivity index is 2.24. The summed E-state index contributed by atoms with van der Waals surface area (Å²) >= 11 is 3.56. The van der Waals surface area contributed by atoms with E-state index in [1.54, 1.807) is 0 Å². The van der Waals surface area contributed by atoms with Crippen molar-refractivity contribution in [2.75, 3.05) is 6.54 Å². The number of nitrogens with one attached hydrogen (secondary N) is 1. The maximum atomic E-state index is 3.76. The highest BCUT2D eigenvalue weighted by molar-refractivity contribution is 9.10. The van der Waals surface area contributed by atoms with Gasteiger partial charge in [0, 0.05) is 22.0 Å². The zero-order valence-corrected chi connectivity index (χ0v) is 14.7. The first-order valence-electron chi connectivity index (χ1n) is 7.92. The summed E-state index contributed by atoms with van der Waals surface area (Å²) in [6, 6.07) is 9.03. The highest BCUT2D eigenvalue weighted by Gasteiger charge is 2.33. The van der Waals surface area contributed by atoms with Gasteiger partial charge in [-0.15, -0.1) is 0 Å². The van der Waals surface area contributed by atoms with Gasteiger partial charge in [-0.1, -0.05) is 53.7 Å².